The Kier molecular flexibility index (Phi) is 4.00. The molecule has 0 fully saturated rings. The Morgan fingerprint density at radius 3 is 2.48 bits per heavy atom. The van der Waals surface area contributed by atoms with Crippen LogP contribution in [0.25, 0.3) is 0 Å². The molecule has 5 nitrogen and oxygen atoms in total. The summed E-state index contributed by atoms with van der Waals surface area (Å²) in [4.78, 5) is 9.43. The molecule has 2 rings (SSSR count). The molecule has 0 unspecified atom stereocenters. The first-order chi connectivity index (χ1) is 9.92. The topological polar surface area (TPSA) is 76.2 Å². The van der Waals surface area contributed by atoms with Crippen LogP contribution in [0.1, 0.15) is 5.56 Å². The van der Waals surface area contributed by atoms with Gasteiger partial charge in [-0.1, -0.05) is 11.6 Å². The molecule has 0 aliphatic rings. The summed E-state index contributed by atoms with van der Waals surface area (Å²) in [7, 11) is 0. The fourth-order valence-corrected chi connectivity index (χ4v) is 1.73. The molecule has 21 heavy (non-hydrogen) atoms. The molecule has 0 heterocycles. The lowest BCUT2D eigenvalue weighted by Crippen LogP contribution is -1.97. The predicted octanol–water partition coefficient (Wildman–Crippen LogP) is 4.19. The summed E-state index contributed by atoms with van der Waals surface area (Å²) in [6.45, 7) is 0. The fourth-order valence-electron chi connectivity index (χ4n) is 1.51. The summed E-state index contributed by atoms with van der Waals surface area (Å²) in [5.74, 6) is -2.91. The monoisotopic (exact) mass is 310 g/mol. The molecule has 0 aromatic heterocycles. The van der Waals surface area contributed by atoms with Gasteiger partial charge < -0.3 is 4.74 Å². The van der Waals surface area contributed by atoms with E-state index in [2.05, 4.69) is 0 Å². The quantitative estimate of drug-likeness (QED) is 0.629. The van der Waals surface area contributed by atoms with Crippen LogP contribution in [0.5, 0.6) is 11.5 Å². The van der Waals surface area contributed by atoms with Crippen molar-refractivity contribution < 1.29 is 18.4 Å². The zero-order valence-corrected chi connectivity index (χ0v) is 10.9. The molecule has 106 valence electrons. The van der Waals surface area contributed by atoms with Crippen molar-refractivity contribution in [1.29, 1.82) is 5.26 Å². The Morgan fingerprint density at radius 1 is 1.19 bits per heavy atom. The first-order valence-corrected chi connectivity index (χ1v) is 5.81. The molecule has 0 saturated carbocycles. The molecule has 0 spiro atoms. The third-order valence-corrected chi connectivity index (χ3v) is 2.77. The summed E-state index contributed by atoms with van der Waals surface area (Å²) in [6, 6.07) is 6.80. The lowest BCUT2D eigenvalue weighted by atomic mass is 10.2. The van der Waals surface area contributed by atoms with Crippen molar-refractivity contribution >= 4 is 17.3 Å². The number of nitro benzene ring substituents is 1. The Bertz CT molecular complexity index is 775. The van der Waals surface area contributed by atoms with Gasteiger partial charge >= 0.3 is 5.69 Å². The van der Waals surface area contributed by atoms with E-state index in [1.165, 1.54) is 18.2 Å². The predicted molar refractivity (Wildman–Crippen MR) is 69.3 cm³/mol. The maximum atomic E-state index is 13.7. The van der Waals surface area contributed by atoms with Gasteiger partial charge in [-0.15, -0.1) is 0 Å². The lowest BCUT2D eigenvalue weighted by molar-refractivity contribution is -0.387. The summed E-state index contributed by atoms with van der Waals surface area (Å²) >= 11 is 5.83. The number of nitrogens with zero attached hydrogens (tertiary/aromatic N) is 2. The van der Waals surface area contributed by atoms with Gasteiger partial charge in [0.15, 0.2) is 11.6 Å². The van der Waals surface area contributed by atoms with Crippen LogP contribution in [-0.2, 0) is 0 Å². The standard InChI is InChI=1S/C13H5ClF2N2O3/c14-8-3-7(6-17)1-2-12(8)21-13-5-9(15)11(18(19)20)4-10(13)16/h1-5H. The first-order valence-electron chi connectivity index (χ1n) is 5.43. The second-order valence-corrected chi connectivity index (χ2v) is 4.26. The molecule has 0 saturated heterocycles. The van der Waals surface area contributed by atoms with Crippen molar-refractivity contribution in [3.05, 3.63) is 62.7 Å². The van der Waals surface area contributed by atoms with Crippen molar-refractivity contribution in [1.82, 2.24) is 0 Å². The van der Waals surface area contributed by atoms with E-state index in [9.17, 15) is 18.9 Å². The highest BCUT2D eigenvalue weighted by Crippen LogP contribution is 2.33. The highest BCUT2D eigenvalue weighted by atomic mass is 35.5. The smallest absolute Gasteiger partial charge is 0.307 e. The van der Waals surface area contributed by atoms with E-state index in [1.54, 1.807) is 0 Å². The Hall–Kier alpha value is -2.72. The van der Waals surface area contributed by atoms with Gasteiger partial charge in [0.25, 0.3) is 0 Å². The minimum absolute atomic E-state index is 0.0113. The zero-order valence-electron chi connectivity index (χ0n) is 10.1. The van der Waals surface area contributed by atoms with E-state index in [0.29, 0.717) is 12.1 Å². The zero-order chi connectivity index (χ0) is 15.6. The van der Waals surface area contributed by atoms with E-state index in [-0.39, 0.29) is 16.3 Å². The lowest BCUT2D eigenvalue weighted by Gasteiger charge is -2.08. The molecule has 8 heteroatoms. The number of hydrogen-bond donors (Lipinski definition) is 0. The molecule has 0 aliphatic heterocycles. The summed E-state index contributed by atoms with van der Waals surface area (Å²) in [6.07, 6.45) is 0. The Balaban J connectivity index is 2.39. The number of hydrogen-bond acceptors (Lipinski definition) is 4. The molecule has 0 N–H and O–H groups in total. The summed E-state index contributed by atoms with van der Waals surface area (Å²) in [5.41, 5.74) is -0.728. The van der Waals surface area contributed by atoms with Gasteiger partial charge in [-0.2, -0.15) is 9.65 Å². The molecule has 0 bridgehead atoms. The second kappa shape index (κ2) is 5.73. The first kappa shape index (κ1) is 14.7. The SMILES string of the molecule is N#Cc1ccc(Oc2cc(F)c([N+](=O)[O-])cc2F)c(Cl)c1. The van der Waals surface area contributed by atoms with Crippen LogP contribution in [0.2, 0.25) is 5.02 Å². The highest BCUT2D eigenvalue weighted by molar-refractivity contribution is 6.32. The number of rotatable bonds is 3. The van der Waals surface area contributed by atoms with Gasteiger partial charge in [-0.3, -0.25) is 10.1 Å². The molecule has 0 atom stereocenters. The van der Waals surface area contributed by atoms with Crippen LogP contribution < -0.4 is 4.74 Å². The highest BCUT2D eigenvalue weighted by Gasteiger charge is 2.20. The van der Waals surface area contributed by atoms with Gasteiger partial charge in [-0.25, -0.2) is 4.39 Å². The number of nitriles is 1. The fraction of sp³-hybridized carbons (Fsp3) is 0. The van der Waals surface area contributed by atoms with Gasteiger partial charge in [-0.05, 0) is 18.2 Å². The molecule has 0 amide bonds. The average molecular weight is 311 g/mol. The van der Waals surface area contributed by atoms with Crippen LogP contribution in [0.3, 0.4) is 0 Å². The van der Waals surface area contributed by atoms with Gasteiger partial charge in [0.2, 0.25) is 5.82 Å². The van der Waals surface area contributed by atoms with Crippen molar-refractivity contribution in [2.24, 2.45) is 0 Å². The van der Waals surface area contributed by atoms with Crippen LogP contribution in [0.15, 0.2) is 30.3 Å². The Morgan fingerprint density at radius 2 is 1.90 bits per heavy atom. The summed E-state index contributed by atoms with van der Waals surface area (Å²) < 4.78 is 32.2. The molecular formula is C13H5ClF2N2O3. The van der Waals surface area contributed by atoms with Gasteiger partial charge in [0.05, 0.1) is 27.6 Å². The molecule has 2 aromatic rings. The minimum Gasteiger partial charge on any atom is -0.453 e. The van der Waals surface area contributed by atoms with E-state index in [4.69, 9.17) is 21.6 Å². The molecular weight excluding hydrogens is 306 g/mol. The van der Waals surface area contributed by atoms with Crippen LogP contribution in [0, 0.1) is 33.1 Å². The van der Waals surface area contributed by atoms with E-state index in [1.807, 2.05) is 6.07 Å². The van der Waals surface area contributed by atoms with Crippen molar-refractivity contribution in [2.75, 3.05) is 0 Å². The van der Waals surface area contributed by atoms with Crippen molar-refractivity contribution in [3.8, 4) is 17.6 Å². The van der Waals surface area contributed by atoms with E-state index < -0.39 is 28.0 Å². The normalized spacial score (nSPS) is 10.0. The second-order valence-electron chi connectivity index (χ2n) is 3.85. The van der Waals surface area contributed by atoms with Crippen molar-refractivity contribution in [3.63, 3.8) is 0 Å². The largest absolute Gasteiger partial charge is 0.453 e. The van der Waals surface area contributed by atoms with Crippen molar-refractivity contribution in [2.45, 2.75) is 0 Å². The van der Waals surface area contributed by atoms with Crippen LogP contribution in [0.4, 0.5) is 14.5 Å². The van der Waals surface area contributed by atoms with Crippen LogP contribution >= 0.6 is 11.6 Å². The minimum atomic E-state index is -1.24. The molecule has 2 aromatic carbocycles. The number of benzene rings is 2. The number of ether oxygens (including phenoxy) is 1. The van der Waals surface area contributed by atoms with E-state index in [0.717, 1.165) is 0 Å². The van der Waals surface area contributed by atoms with Gasteiger partial charge in [0.1, 0.15) is 5.75 Å². The number of halogens is 3. The van der Waals surface area contributed by atoms with Crippen LogP contribution in [-0.4, -0.2) is 4.92 Å². The number of nitro groups is 1. The maximum Gasteiger partial charge on any atom is 0.307 e. The third kappa shape index (κ3) is 3.07. The third-order valence-electron chi connectivity index (χ3n) is 2.48. The maximum absolute atomic E-state index is 13.7. The Labute approximate surface area is 122 Å². The van der Waals surface area contributed by atoms with E-state index >= 15 is 0 Å². The average Bonchev–Trinajstić information content (AvgIpc) is 2.44. The summed E-state index contributed by atoms with van der Waals surface area (Å²) in [5, 5.41) is 19.2. The molecule has 0 radical (unpaired) electrons. The molecule has 0 aliphatic carbocycles. The van der Waals surface area contributed by atoms with Gasteiger partial charge in [0, 0.05) is 6.07 Å².